The maximum atomic E-state index is 12.5. The highest BCUT2D eigenvalue weighted by atomic mass is 16.2. The first-order valence-corrected chi connectivity index (χ1v) is 8.17. The zero-order valence-corrected chi connectivity index (χ0v) is 13.3. The van der Waals surface area contributed by atoms with Crippen molar-refractivity contribution in [3.8, 4) is 16.9 Å². The topological polar surface area (TPSA) is 51.0 Å². The summed E-state index contributed by atoms with van der Waals surface area (Å²) in [6.45, 7) is 1.71. The van der Waals surface area contributed by atoms with Gasteiger partial charge in [0.1, 0.15) is 0 Å². The Morgan fingerprint density at radius 2 is 1.79 bits per heavy atom. The highest BCUT2D eigenvalue weighted by Gasteiger charge is 2.19. The van der Waals surface area contributed by atoms with E-state index in [9.17, 15) is 4.79 Å². The molecule has 1 aliphatic rings. The minimum Gasteiger partial charge on any atom is -0.339 e. The molecule has 3 aromatic rings. The fourth-order valence-electron chi connectivity index (χ4n) is 3.03. The molecule has 0 saturated carbocycles. The van der Waals surface area contributed by atoms with Gasteiger partial charge in [0.25, 0.3) is 5.91 Å². The van der Waals surface area contributed by atoms with Crippen LogP contribution in [0.3, 0.4) is 0 Å². The van der Waals surface area contributed by atoms with Gasteiger partial charge in [-0.15, -0.1) is 0 Å². The summed E-state index contributed by atoms with van der Waals surface area (Å²) in [5.74, 6) is 0.101. The monoisotopic (exact) mass is 318 g/mol. The van der Waals surface area contributed by atoms with Crippen molar-refractivity contribution < 1.29 is 4.79 Å². The van der Waals surface area contributed by atoms with Gasteiger partial charge >= 0.3 is 0 Å². The van der Waals surface area contributed by atoms with Gasteiger partial charge in [0.15, 0.2) is 0 Å². The molecule has 5 nitrogen and oxygen atoms in total. The van der Waals surface area contributed by atoms with E-state index < -0.39 is 0 Å². The van der Waals surface area contributed by atoms with E-state index in [1.165, 1.54) is 0 Å². The summed E-state index contributed by atoms with van der Waals surface area (Å²) in [6.07, 6.45) is 7.56. The molecule has 0 atom stereocenters. The number of benzene rings is 1. The van der Waals surface area contributed by atoms with Crippen LogP contribution in [0, 0.1) is 0 Å². The van der Waals surface area contributed by atoms with Gasteiger partial charge in [-0.25, -0.2) is 4.68 Å². The second-order valence-corrected chi connectivity index (χ2v) is 5.93. The molecule has 0 aliphatic carbocycles. The highest BCUT2D eigenvalue weighted by Crippen LogP contribution is 2.21. The van der Waals surface area contributed by atoms with Gasteiger partial charge < -0.3 is 4.90 Å². The van der Waals surface area contributed by atoms with Crippen molar-refractivity contribution in [3.05, 3.63) is 66.6 Å². The second-order valence-electron chi connectivity index (χ2n) is 5.93. The molecule has 0 spiro atoms. The lowest BCUT2D eigenvalue weighted by Gasteiger charge is -2.15. The first-order chi connectivity index (χ1) is 11.8. The fraction of sp³-hybridized carbons (Fsp3) is 0.211. The van der Waals surface area contributed by atoms with Crippen molar-refractivity contribution in [1.82, 2.24) is 19.7 Å². The quantitative estimate of drug-likeness (QED) is 0.745. The standard InChI is InChI=1S/C19H18N4O/c24-19(22-11-1-2-12-22)16-8-10-20-18(14-16)15-4-6-17(7-5-15)23-13-3-9-21-23/h3-10,13-14H,1-2,11-12H2. The molecule has 1 amide bonds. The largest absolute Gasteiger partial charge is 0.339 e. The van der Waals surface area contributed by atoms with Crippen LogP contribution in [0.2, 0.25) is 0 Å². The molecule has 1 aliphatic heterocycles. The van der Waals surface area contributed by atoms with Crippen LogP contribution in [0.5, 0.6) is 0 Å². The lowest BCUT2D eigenvalue weighted by atomic mass is 10.1. The summed E-state index contributed by atoms with van der Waals surface area (Å²) in [5, 5.41) is 4.22. The number of hydrogen-bond donors (Lipinski definition) is 0. The van der Waals surface area contributed by atoms with Gasteiger partial charge in [0.2, 0.25) is 0 Å². The Bertz CT molecular complexity index is 834. The van der Waals surface area contributed by atoms with Gasteiger partial charge in [-0.1, -0.05) is 12.1 Å². The lowest BCUT2D eigenvalue weighted by Crippen LogP contribution is -2.27. The number of carbonyl (C=O) groups is 1. The highest BCUT2D eigenvalue weighted by molar-refractivity contribution is 5.95. The molecule has 0 N–H and O–H groups in total. The molecule has 1 fully saturated rings. The molecule has 24 heavy (non-hydrogen) atoms. The molecule has 0 bridgehead atoms. The Balaban J connectivity index is 1.60. The van der Waals surface area contributed by atoms with Crippen LogP contribution in [-0.2, 0) is 0 Å². The van der Waals surface area contributed by atoms with E-state index in [0.29, 0.717) is 5.56 Å². The number of rotatable bonds is 3. The molecule has 120 valence electrons. The fourth-order valence-corrected chi connectivity index (χ4v) is 3.03. The van der Waals surface area contributed by atoms with E-state index in [0.717, 1.165) is 42.9 Å². The van der Waals surface area contributed by atoms with E-state index in [2.05, 4.69) is 10.1 Å². The summed E-state index contributed by atoms with van der Waals surface area (Å²) < 4.78 is 1.81. The summed E-state index contributed by atoms with van der Waals surface area (Å²) in [4.78, 5) is 18.9. The number of pyridine rings is 1. The molecule has 1 aromatic carbocycles. The number of amides is 1. The SMILES string of the molecule is O=C(c1ccnc(-c2ccc(-n3cccn3)cc2)c1)N1CCCC1. The molecule has 3 heterocycles. The van der Waals surface area contributed by atoms with Crippen LogP contribution in [0.1, 0.15) is 23.2 Å². The summed E-state index contributed by atoms with van der Waals surface area (Å²) in [6, 6.07) is 13.6. The van der Waals surface area contributed by atoms with Gasteiger partial charge in [0.05, 0.1) is 11.4 Å². The molecular formula is C19H18N4O. The maximum Gasteiger partial charge on any atom is 0.253 e. The van der Waals surface area contributed by atoms with Crippen molar-refractivity contribution in [3.63, 3.8) is 0 Å². The Hall–Kier alpha value is -2.95. The summed E-state index contributed by atoms with van der Waals surface area (Å²) in [7, 11) is 0. The Morgan fingerprint density at radius 3 is 2.50 bits per heavy atom. The van der Waals surface area contributed by atoms with Crippen molar-refractivity contribution in [2.24, 2.45) is 0 Å². The van der Waals surface area contributed by atoms with Gasteiger partial charge in [-0.2, -0.15) is 5.10 Å². The molecule has 4 rings (SSSR count). The van der Waals surface area contributed by atoms with Crippen LogP contribution in [0.4, 0.5) is 0 Å². The predicted octanol–water partition coefficient (Wildman–Crippen LogP) is 3.17. The number of likely N-dealkylation sites (tertiary alicyclic amines) is 1. The van der Waals surface area contributed by atoms with Crippen molar-refractivity contribution in [1.29, 1.82) is 0 Å². The third-order valence-electron chi connectivity index (χ3n) is 4.33. The zero-order chi connectivity index (χ0) is 16.4. The van der Waals surface area contributed by atoms with E-state index in [-0.39, 0.29) is 5.91 Å². The molecular weight excluding hydrogens is 300 g/mol. The smallest absolute Gasteiger partial charge is 0.253 e. The molecule has 5 heteroatoms. The maximum absolute atomic E-state index is 12.5. The molecule has 1 saturated heterocycles. The van der Waals surface area contributed by atoms with E-state index in [4.69, 9.17) is 0 Å². The second kappa shape index (κ2) is 6.28. The Morgan fingerprint density at radius 1 is 1.00 bits per heavy atom. The first-order valence-electron chi connectivity index (χ1n) is 8.17. The third kappa shape index (κ3) is 2.80. The number of hydrogen-bond acceptors (Lipinski definition) is 3. The molecule has 0 radical (unpaired) electrons. The van der Waals surface area contributed by atoms with Crippen molar-refractivity contribution >= 4 is 5.91 Å². The summed E-state index contributed by atoms with van der Waals surface area (Å²) >= 11 is 0. The minimum absolute atomic E-state index is 0.101. The van der Waals surface area contributed by atoms with Crippen LogP contribution in [-0.4, -0.2) is 38.7 Å². The number of aromatic nitrogens is 3. The van der Waals surface area contributed by atoms with Crippen LogP contribution in [0.25, 0.3) is 16.9 Å². The number of nitrogens with zero attached hydrogens (tertiary/aromatic N) is 4. The van der Waals surface area contributed by atoms with Crippen LogP contribution >= 0.6 is 0 Å². The van der Waals surface area contributed by atoms with Gasteiger partial charge in [-0.05, 0) is 43.2 Å². The molecule has 0 unspecified atom stereocenters. The molecule has 2 aromatic heterocycles. The third-order valence-corrected chi connectivity index (χ3v) is 4.33. The van der Waals surface area contributed by atoms with Crippen molar-refractivity contribution in [2.75, 3.05) is 13.1 Å². The lowest BCUT2D eigenvalue weighted by molar-refractivity contribution is 0.0793. The number of carbonyl (C=O) groups excluding carboxylic acids is 1. The van der Waals surface area contributed by atoms with E-state index in [1.54, 1.807) is 18.5 Å². The van der Waals surface area contributed by atoms with Crippen molar-refractivity contribution in [2.45, 2.75) is 12.8 Å². The summed E-state index contributed by atoms with van der Waals surface area (Å²) in [5.41, 5.74) is 3.50. The van der Waals surface area contributed by atoms with E-state index in [1.807, 2.05) is 52.2 Å². The average Bonchev–Trinajstić information content (AvgIpc) is 3.35. The van der Waals surface area contributed by atoms with Gasteiger partial charge in [0, 0.05) is 42.8 Å². The van der Waals surface area contributed by atoms with Crippen LogP contribution < -0.4 is 0 Å². The Labute approximate surface area is 140 Å². The van der Waals surface area contributed by atoms with Crippen LogP contribution in [0.15, 0.2) is 61.1 Å². The minimum atomic E-state index is 0.101. The Kier molecular flexibility index (Phi) is 3.83. The normalized spacial score (nSPS) is 14.1. The average molecular weight is 318 g/mol. The zero-order valence-electron chi connectivity index (χ0n) is 13.3. The first kappa shape index (κ1) is 14.6. The van der Waals surface area contributed by atoms with Gasteiger partial charge in [-0.3, -0.25) is 9.78 Å². The predicted molar refractivity (Wildman–Crippen MR) is 91.9 cm³/mol. The van der Waals surface area contributed by atoms with E-state index >= 15 is 0 Å².